The van der Waals surface area contributed by atoms with Crippen LogP contribution in [0.15, 0.2) is 85.2 Å². The van der Waals surface area contributed by atoms with E-state index in [1.54, 1.807) is 43.8 Å². The first kappa shape index (κ1) is 23.8. The summed E-state index contributed by atoms with van der Waals surface area (Å²) in [6.45, 7) is 6.45. The molecule has 4 rings (SSSR count). The number of nitrogens with zero attached hydrogens (tertiary/aromatic N) is 2. The van der Waals surface area contributed by atoms with E-state index < -0.39 is 0 Å². The molecule has 3 aromatic carbocycles. The fraction of sp³-hybridized carbons (Fsp3) is 0.179. The highest BCUT2D eigenvalue weighted by Crippen LogP contribution is 2.26. The number of hydrogen-bond acceptors (Lipinski definition) is 5. The lowest BCUT2D eigenvalue weighted by atomic mass is 9.87. The first-order valence-corrected chi connectivity index (χ1v) is 11.2. The number of carbonyl (C=O) groups is 1. The molecule has 0 aliphatic carbocycles. The highest BCUT2D eigenvalue weighted by atomic mass is 16.5. The maximum absolute atomic E-state index is 12.5. The van der Waals surface area contributed by atoms with Crippen molar-refractivity contribution in [2.45, 2.75) is 26.2 Å². The van der Waals surface area contributed by atoms with Crippen molar-refractivity contribution in [2.24, 2.45) is 0 Å². The van der Waals surface area contributed by atoms with Crippen LogP contribution in [-0.4, -0.2) is 23.1 Å². The number of rotatable bonds is 6. The normalized spacial score (nSPS) is 11.0. The Bertz CT molecular complexity index is 1300. The van der Waals surface area contributed by atoms with Crippen molar-refractivity contribution < 1.29 is 14.3 Å². The summed E-state index contributed by atoms with van der Waals surface area (Å²) in [4.78, 5) is 21.3. The molecule has 2 N–H and O–H groups in total. The standard InChI is InChI=1S/C28H28N4O3/c1-28(2,3)20-10-12-21(13-11-20)30-27(33)31-22-6-5-7-24(16-22)35-26-18-29-17-25(32-26)19-8-14-23(34-4)15-9-19/h5-18H,1-4H3,(H2,30,31,33). The number of methoxy groups -OCH3 is 1. The van der Waals surface area contributed by atoms with Crippen LogP contribution >= 0.6 is 0 Å². The maximum atomic E-state index is 12.5. The Morgan fingerprint density at radius 1 is 0.829 bits per heavy atom. The maximum Gasteiger partial charge on any atom is 0.323 e. The topological polar surface area (TPSA) is 85.4 Å². The molecule has 0 spiro atoms. The third-order valence-corrected chi connectivity index (χ3v) is 5.32. The van der Waals surface area contributed by atoms with E-state index in [0.717, 1.165) is 11.3 Å². The van der Waals surface area contributed by atoms with Crippen LogP contribution in [0, 0.1) is 0 Å². The molecule has 178 valence electrons. The molecular weight excluding hydrogens is 440 g/mol. The molecule has 1 heterocycles. The van der Waals surface area contributed by atoms with E-state index in [1.807, 2.05) is 48.5 Å². The summed E-state index contributed by atoms with van der Waals surface area (Å²) in [5.74, 6) is 1.64. The number of carbonyl (C=O) groups excluding carboxylic acids is 1. The third kappa shape index (κ3) is 6.35. The van der Waals surface area contributed by atoms with Crippen LogP contribution in [0.2, 0.25) is 0 Å². The minimum Gasteiger partial charge on any atom is -0.497 e. The second-order valence-electron chi connectivity index (χ2n) is 9.01. The number of amides is 2. The lowest BCUT2D eigenvalue weighted by molar-refractivity contribution is 0.262. The van der Waals surface area contributed by atoms with E-state index in [9.17, 15) is 4.79 Å². The number of benzene rings is 3. The number of ether oxygens (including phenoxy) is 2. The molecule has 0 aliphatic heterocycles. The quantitative estimate of drug-likeness (QED) is 0.322. The lowest BCUT2D eigenvalue weighted by Gasteiger charge is -2.19. The summed E-state index contributed by atoms with van der Waals surface area (Å²) in [6, 6.07) is 22.1. The first-order chi connectivity index (χ1) is 16.8. The van der Waals surface area contributed by atoms with Crippen molar-refractivity contribution in [3.8, 4) is 28.6 Å². The van der Waals surface area contributed by atoms with Crippen LogP contribution < -0.4 is 20.1 Å². The van der Waals surface area contributed by atoms with Gasteiger partial charge in [0.05, 0.1) is 25.2 Å². The van der Waals surface area contributed by atoms with Crippen LogP contribution in [0.5, 0.6) is 17.4 Å². The predicted molar refractivity (Wildman–Crippen MR) is 138 cm³/mol. The average molecular weight is 469 g/mol. The number of nitrogens with one attached hydrogen (secondary N) is 2. The molecule has 1 aromatic heterocycles. The summed E-state index contributed by atoms with van der Waals surface area (Å²) in [7, 11) is 1.63. The van der Waals surface area contributed by atoms with Crippen molar-refractivity contribution in [1.82, 2.24) is 9.97 Å². The molecule has 0 saturated heterocycles. The van der Waals surface area contributed by atoms with Crippen LogP contribution in [0.1, 0.15) is 26.3 Å². The van der Waals surface area contributed by atoms with Gasteiger partial charge in [-0.1, -0.05) is 39.0 Å². The minimum absolute atomic E-state index is 0.0553. The van der Waals surface area contributed by atoms with Gasteiger partial charge in [-0.3, -0.25) is 4.98 Å². The molecule has 0 atom stereocenters. The second kappa shape index (κ2) is 10.3. The van der Waals surface area contributed by atoms with Gasteiger partial charge in [-0.2, -0.15) is 0 Å². The van der Waals surface area contributed by atoms with Crippen LogP contribution in [0.3, 0.4) is 0 Å². The summed E-state index contributed by atoms with van der Waals surface area (Å²) >= 11 is 0. The van der Waals surface area contributed by atoms with Gasteiger partial charge >= 0.3 is 6.03 Å². The zero-order chi connectivity index (χ0) is 24.8. The van der Waals surface area contributed by atoms with E-state index in [-0.39, 0.29) is 11.4 Å². The molecule has 7 nitrogen and oxygen atoms in total. The fourth-order valence-electron chi connectivity index (χ4n) is 3.40. The second-order valence-corrected chi connectivity index (χ2v) is 9.01. The van der Waals surface area contributed by atoms with E-state index in [4.69, 9.17) is 9.47 Å². The monoisotopic (exact) mass is 468 g/mol. The summed E-state index contributed by atoms with van der Waals surface area (Å²) < 4.78 is 11.1. The predicted octanol–water partition coefficient (Wildman–Crippen LogP) is 6.89. The Labute approximate surface area is 205 Å². The third-order valence-electron chi connectivity index (χ3n) is 5.32. The van der Waals surface area contributed by atoms with Crippen molar-refractivity contribution in [3.05, 3.63) is 90.8 Å². The van der Waals surface area contributed by atoms with Crippen LogP contribution in [0.4, 0.5) is 16.2 Å². The Hall–Kier alpha value is -4.39. The number of hydrogen-bond donors (Lipinski definition) is 2. The molecule has 0 radical (unpaired) electrons. The van der Waals surface area contributed by atoms with E-state index in [0.29, 0.717) is 28.7 Å². The van der Waals surface area contributed by atoms with E-state index >= 15 is 0 Å². The molecule has 35 heavy (non-hydrogen) atoms. The van der Waals surface area contributed by atoms with Crippen molar-refractivity contribution in [3.63, 3.8) is 0 Å². The fourth-order valence-corrected chi connectivity index (χ4v) is 3.40. The Morgan fingerprint density at radius 2 is 1.54 bits per heavy atom. The minimum atomic E-state index is -0.341. The molecule has 0 saturated carbocycles. The molecule has 0 fully saturated rings. The van der Waals surface area contributed by atoms with Crippen LogP contribution in [-0.2, 0) is 5.41 Å². The van der Waals surface area contributed by atoms with Gasteiger partial charge in [-0.05, 0) is 59.5 Å². The highest BCUT2D eigenvalue weighted by molar-refractivity contribution is 5.99. The largest absolute Gasteiger partial charge is 0.497 e. The molecule has 0 unspecified atom stereocenters. The van der Waals surface area contributed by atoms with Gasteiger partial charge in [0.2, 0.25) is 5.88 Å². The average Bonchev–Trinajstić information content (AvgIpc) is 2.84. The van der Waals surface area contributed by atoms with E-state index in [2.05, 4.69) is 41.4 Å². The molecule has 0 aliphatic rings. The Kier molecular flexibility index (Phi) is 6.96. The highest BCUT2D eigenvalue weighted by Gasteiger charge is 2.13. The summed E-state index contributed by atoms with van der Waals surface area (Å²) in [6.07, 6.45) is 3.21. The molecular formula is C28H28N4O3. The van der Waals surface area contributed by atoms with Gasteiger partial charge in [-0.25, -0.2) is 9.78 Å². The van der Waals surface area contributed by atoms with Crippen molar-refractivity contribution in [2.75, 3.05) is 17.7 Å². The SMILES string of the molecule is COc1ccc(-c2cncc(Oc3cccc(NC(=O)Nc4ccc(C(C)(C)C)cc4)c3)n2)cc1. The number of aromatic nitrogens is 2. The number of anilines is 2. The first-order valence-electron chi connectivity index (χ1n) is 11.2. The molecule has 2 amide bonds. The summed E-state index contributed by atoms with van der Waals surface area (Å²) in [5.41, 5.74) is 4.13. The van der Waals surface area contributed by atoms with Crippen molar-refractivity contribution in [1.29, 1.82) is 0 Å². The molecule has 0 bridgehead atoms. The zero-order valence-electron chi connectivity index (χ0n) is 20.2. The Morgan fingerprint density at radius 3 is 2.23 bits per heavy atom. The molecule has 4 aromatic rings. The zero-order valence-corrected chi connectivity index (χ0v) is 20.2. The van der Waals surface area contributed by atoms with Crippen molar-refractivity contribution >= 4 is 17.4 Å². The van der Waals surface area contributed by atoms with Gasteiger partial charge in [-0.15, -0.1) is 0 Å². The number of urea groups is 1. The lowest BCUT2D eigenvalue weighted by Crippen LogP contribution is -2.19. The summed E-state index contributed by atoms with van der Waals surface area (Å²) in [5, 5.41) is 5.68. The smallest absolute Gasteiger partial charge is 0.323 e. The Balaban J connectivity index is 1.40. The van der Waals surface area contributed by atoms with E-state index in [1.165, 1.54) is 5.56 Å². The van der Waals surface area contributed by atoms with Crippen LogP contribution in [0.25, 0.3) is 11.3 Å². The molecule has 7 heteroatoms. The van der Waals surface area contributed by atoms with Gasteiger partial charge in [0.15, 0.2) is 0 Å². The van der Waals surface area contributed by atoms with Gasteiger partial charge in [0.1, 0.15) is 11.5 Å². The van der Waals surface area contributed by atoms with Gasteiger partial charge in [0.25, 0.3) is 0 Å². The van der Waals surface area contributed by atoms with Gasteiger partial charge in [0, 0.05) is 23.0 Å². The van der Waals surface area contributed by atoms with Gasteiger partial charge < -0.3 is 20.1 Å².